The number of nitrogens with one attached hydrogen (secondary N) is 1. The molecular formula is C18H33NO7. The largest absolute Gasteiger partial charge is 0.394 e. The third-order valence-electron chi connectivity index (χ3n) is 4.42. The van der Waals surface area contributed by atoms with Gasteiger partial charge in [0.05, 0.1) is 6.61 Å². The van der Waals surface area contributed by atoms with Gasteiger partial charge in [-0.3, -0.25) is 9.59 Å². The number of ether oxygens (including phenoxy) is 2. The van der Waals surface area contributed by atoms with Gasteiger partial charge in [0.1, 0.15) is 30.1 Å². The molecule has 0 spiro atoms. The van der Waals surface area contributed by atoms with E-state index in [-0.39, 0.29) is 17.1 Å². The molecule has 0 aromatic rings. The molecule has 1 rings (SSSR count). The van der Waals surface area contributed by atoms with E-state index in [0.717, 1.165) is 12.8 Å². The molecule has 8 heteroatoms. The lowest BCUT2D eigenvalue weighted by Gasteiger charge is -2.42. The normalized spacial score (nSPS) is 29.4. The fraction of sp³-hybridized carbons (Fsp3) is 0.889. The van der Waals surface area contributed by atoms with Crippen molar-refractivity contribution in [2.45, 2.75) is 84.0 Å². The van der Waals surface area contributed by atoms with Crippen molar-refractivity contribution in [3.63, 3.8) is 0 Å². The van der Waals surface area contributed by atoms with Gasteiger partial charge in [-0.1, -0.05) is 27.2 Å². The summed E-state index contributed by atoms with van der Waals surface area (Å²) in [4.78, 5) is 23.2. The van der Waals surface area contributed by atoms with Gasteiger partial charge in [-0.2, -0.15) is 0 Å². The number of hydrogen-bond acceptors (Lipinski definition) is 7. The van der Waals surface area contributed by atoms with Gasteiger partial charge in [0.25, 0.3) is 0 Å². The molecule has 4 N–H and O–H groups in total. The molecule has 5 atom stereocenters. The molecule has 1 fully saturated rings. The summed E-state index contributed by atoms with van der Waals surface area (Å²) in [5.41, 5.74) is -0.325. The molecule has 8 nitrogen and oxygen atoms in total. The van der Waals surface area contributed by atoms with Gasteiger partial charge in [0, 0.05) is 25.4 Å². The first-order valence-electron chi connectivity index (χ1n) is 9.12. The van der Waals surface area contributed by atoms with E-state index >= 15 is 0 Å². The van der Waals surface area contributed by atoms with Crippen LogP contribution in [0, 0.1) is 5.41 Å². The second kappa shape index (κ2) is 10.3. The van der Waals surface area contributed by atoms with Crippen LogP contribution in [-0.4, -0.2) is 70.9 Å². The zero-order chi connectivity index (χ0) is 19.9. The Labute approximate surface area is 154 Å². The minimum Gasteiger partial charge on any atom is -0.394 e. The molecule has 1 amide bonds. The van der Waals surface area contributed by atoms with Crippen LogP contribution < -0.4 is 5.32 Å². The van der Waals surface area contributed by atoms with Crippen LogP contribution in [0.2, 0.25) is 0 Å². The molecule has 0 aliphatic carbocycles. The minimum absolute atomic E-state index is 0.225. The van der Waals surface area contributed by atoms with Crippen LogP contribution in [0.15, 0.2) is 0 Å². The number of carbonyl (C=O) groups excluding carboxylic acids is 2. The Morgan fingerprint density at radius 1 is 1.12 bits per heavy atom. The van der Waals surface area contributed by atoms with Crippen molar-refractivity contribution >= 4 is 11.7 Å². The lowest BCUT2D eigenvalue weighted by Crippen LogP contribution is -2.64. The highest BCUT2D eigenvalue weighted by atomic mass is 16.7. The topological polar surface area (TPSA) is 125 Å². The number of ketones is 1. The fourth-order valence-electron chi connectivity index (χ4n) is 2.75. The zero-order valence-corrected chi connectivity index (χ0v) is 16.1. The van der Waals surface area contributed by atoms with Gasteiger partial charge in [0.15, 0.2) is 6.29 Å². The molecule has 0 saturated carbocycles. The lowest BCUT2D eigenvalue weighted by molar-refractivity contribution is -0.270. The third kappa shape index (κ3) is 6.92. The van der Waals surface area contributed by atoms with Crippen molar-refractivity contribution in [3.05, 3.63) is 0 Å². The van der Waals surface area contributed by atoms with E-state index in [2.05, 4.69) is 5.32 Å². The Hall–Kier alpha value is -1.06. The Morgan fingerprint density at radius 3 is 2.31 bits per heavy atom. The molecule has 0 aromatic heterocycles. The van der Waals surface area contributed by atoms with E-state index in [1.165, 1.54) is 6.92 Å². The number of unbranched alkanes of at least 4 members (excludes halogenated alkanes) is 2. The summed E-state index contributed by atoms with van der Waals surface area (Å²) in [5.74, 6) is -0.163. The Morgan fingerprint density at radius 2 is 1.77 bits per heavy atom. The third-order valence-corrected chi connectivity index (χ3v) is 4.42. The number of carbonyl (C=O) groups is 2. The smallest absolute Gasteiger partial charge is 0.217 e. The van der Waals surface area contributed by atoms with Crippen LogP contribution in [0.1, 0.15) is 53.4 Å². The fourth-order valence-corrected chi connectivity index (χ4v) is 2.75. The van der Waals surface area contributed by atoms with Crippen molar-refractivity contribution in [2.24, 2.45) is 5.41 Å². The molecular weight excluding hydrogens is 342 g/mol. The van der Waals surface area contributed by atoms with Gasteiger partial charge in [-0.05, 0) is 12.8 Å². The number of Topliss-reactive ketones (excluding diaryl/α,β-unsaturated/α-hetero) is 1. The van der Waals surface area contributed by atoms with Crippen molar-refractivity contribution < 1.29 is 34.4 Å². The number of hydrogen-bond donors (Lipinski definition) is 4. The average molecular weight is 375 g/mol. The maximum atomic E-state index is 11.9. The van der Waals surface area contributed by atoms with Gasteiger partial charge in [0.2, 0.25) is 5.91 Å². The molecule has 0 radical (unpaired) electrons. The molecule has 1 aliphatic rings. The van der Waals surface area contributed by atoms with Crippen LogP contribution in [0.5, 0.6) is 0 Å². The summed E-state index contributed by atoms with van der Waals surface area (Å²) in [5, 5.41) is 31.9. The van der Waals surface area contributed by atoms with E-state index < -0.39 is 37.3 Å². The summed E-state index contributed by atoms with van der Waals surface area (Å²) in [6, 6.07) is -0.923. The summed E-state index contributed by atoms with van der Waals surface area (Å²) in [7, 11) is 0. The highest BCUT2D eigenvalue weighted by molar-refractivity contribution is 5.83. The molecule has 26 heavy (non-hydrogen) atoms. The van der Waals surface area contributed by atoms with E-state index in [1.807, 2.05) is 20.8 Å². The van der Waals surface area contributed by atoms with Crippen molar-refractivity contribution in [1.29, 1.82) is 0 Å². The SMILES string of the molecule is CC(=O)N[C@@H]1C(OCCCCCC(=O)C(C)(C)C)OC(CO)C(O)C1O. The predicted octanol–water partition coefficient (Wildman–Crippen LogP) is 0.122. The summed E-state index contributed by atoms with van der Waals surface area (Å²) in [6.45, 7) is 6.83. The molecule has 1 saturated heterocycles. The van der Waals surface area contributed by atoms with Gasteiger partial charge < -0.3 is 30.1 Å². The first-order valence-corrected chi connectivity index (χ1v) is 9.12. The molecule has 0 aromatic carbocycles. The Kier molecular flexibility index (Phi) is 9.12. The number of aliphatic hydroxyl groups is 3. The van der Waals surface area contributed by atoms with Crippen LogP contribution >= 0.6 is 0 Å². The van der Waals surface area contributed by atoms with Crippen molar-refractivity contribution in [2.75, 3.05) is 13.2 Å². The molecule has 152 valence electrons. The Balaban J connectivity index is 2.44. The highest BCUT2D eigenvalue weighted by Crippen LogP contribution is 2.23. The van der Waals surface area contributed by atoms with Crippen LogP contribution in [-0.2, 0) is 19.1 Å². The van der Waals surface area contributed by atoms with E-state index in [9.17, 15) is 24.9 Å². The van der Waals surface area contributed by atoms with Crippen LogP contribution in [0.25, 0.3) is 0 Å². The quantitative estimate of drug-likeness (QED) is 0.422. The molecule has 4 unspecified atom stereocenters. The molecule has 1 heterocycles. The van der Waals surface area contributed by atoms with Crippen LogP contribution in [0.4, 0.5) is 0 Å². The summed E-state index contributed by atoms with van der Waals surface area (Å²) < 4.78 is 11.1. The Bertz CT molecular complexity index is 463. The maximum Gasteiger partial charge on any atom is 0.217 e. The van der Waals surface area contributed by atoms with Crippen molar-refractivity contribution in [1.82, 2.24) is 5.32 Å². The zero-order valence-electron chi connectivity index (χ0n) is 16.1. The van der Waals surface area contributed by atoms with Crippen molar-refractivity contribution in [3.8, 4) is 0 Å². The minimum atomic E-state index is -1.32. The second-order valence-corrected chi connectivity index (χ2v) is 7.79. The van der Waals surface area contributed by atoms with E-state index in [4.69, 9.17) is 9.47 Å². The van der Waals surface area contributed by atoms with Gasteiger partial charge >= 0.3 is 0 Å². The standard InChI is InChI=1S/C18H33NO7/c1-11(21)19-14-16(24)15(23)12(10-20)26-17(14)25-9-7-5-6-8-13(22)18(2,3)4/h12,14-17,20,23-24H,5-10H2,1-4H3,(H,19,21)/t12?,14-,15?,16?,17?/m0/s1. The first-order chi connectivity index (χ1) is 12.1. The number of rotatable bonds is 9. The summed E-state index contributed by atoms with van der Waals surface area (Å²) >= 11 is 0. The van der Waals surface area contributed by atoms with Gasteiger partial charge in [-0.15, -0.1) is 0 Å². The number of aliphatic hydroxyl groups excluding tert-OH is 3. The lowest BCUT2D eigenvalue weighted by atomic mass is 9.88. The predicted molar refractivity (Wildman–Crippen MR) is 94.2 cm³/mol. The van der Waals surface area contributed by atoms with Crippen LogP contribution in [0.3, 0.4) is 0 Å². The highest BCUT2D eigenvalue weighted by Gasteiger charge is 2.45. The van der Waals surface area contributed by atoms with E-state index in [1.54, 1.807) is 0 Å². The maximum absolute atomic E-state index is 11.9. The molecule has 0 bridgehead atoms. The summed E-state index contributed by atoms with van der Waals surface area (Å²) in [6.07, 6.45) is -1.80. The van der Waals surface area contributed by atoms with E-state index in [0.29, 0.717) is 19.4 Å². The monoisotopic (exact) mass is 375 g/mol. The number of amides is 1. The molecule has 1 aliphatic heterocycles. The average Bonchev–Trinajstić information content (AvgIpc) is 2.55. The van der Waals surface area contributed by atoms with Gasteiger partial charge in [-0.25, -0.2) is 0 Å². The first kappa shape index (κ1) is 23.0. The second-order valence-electron chi connectivity index (χ2n) is 7.79.